The number of aryl methyl sites for hydroxylation is 1. The highest BCUT2D eigenvalue weighted by atomic mass is 16.1. The quantitative estimate of drug-likeness (QED) is 0.887. The van der Waals surface area contributed by atoms with Crippen LogP contribution in [-0.4, -0.2) is 10.9 Å². The molecule has 3 nitrogen and oxygen atoms in total. The molecule has 18 heavy (non-hydrogen) atoms. The lowest BCUT2D eigenvalue weighted by atomic mass is 9.86. The molecule has 3 rings (SSSR count). The molecule has 2 bridgehead atoms. The van der Waals surface area contributed by atoms with E-state index >= 15 is 0 Å². The van der Waals surface area contributed by atoms with Gasteiger partial charge >= 0.3 is 0 Å². The molecular weight excluding hydrogens is 224 g/mol. The van der Waals surface area contributed by atoms with Gasteiger partial charge in [0.05, 0.1) is 0 Å². The normalized spacial score (nSPS) is 29.5. The number of carbonyl (C=O) groups is 1. The average Bonchev–Trinajstić information content (AvgIpc) is 2.90. The zero-order valence-electron chi connectivity index (χ0n) is 10.9. The Labute approximate surface area is 108 Å². The standard InChI is InChI=1S/C15H20N2O/c1-10-4-5-16-14(6-10)17-15(18)9-13-8-11-2-3-12(13)7-11/h4-6,11-13H,2-3,7-9H2,1H3,(H,16,17,18)/t11-,12-,13+/m0/s1. The molecule has 1 aromatic rings. The van der Waals surface area contributed by atoms with Crippen LogP contribution in [0.15, 0.2) is 18.3 Å². The highest BCUT2D eigenvalue weighted by molar-refractivity contribution is 5.90. The molecule has 0 unspecified atom stereocenters. The summed E-state index contributed by atoms with van der Waals surface area (Å²) < 4.78 is 0. The van der Waals surface area contributed by atoms with Crippen molar-refractivity contribution in [3.05, 3.63) is 23.9 Å². The molecule has 2 aliphatic rings. The first-order valence-corrected chi connectivity index (χ1v) is 6.93. The third-order valence-electron chi connectivity index (χ3n) is 4.52. The Kier molecular flexibility index (Phi) is 3.06. The number of amides is 1. The summed E-state index contributed by atoms with van der Waals surface area (Å²) in [6, 6.07) is 3.85. The number of fused-ring (bicyclic) bond motifs is 2. The van der Waals surface area contributed by atoms with Crippen molar-refractivity contribution in [2.45, 2.75) is 39.0 Å². The minimum absolute atomic E-state index is 0.130. The molecule has 1 heterocycles. The minimum Gasteiger partial charge on any atom is -0.311 e. The Morgan fingerprint density at radius 2 is 2.33 bits per heavy atom. The topological polar surface area (TPSA) is 42.0 Å². The van der Waals surface area contributed by atoms with Crippen LogP contribution in [0.1, 0.15) is 37.7 Å². The van der Waals surface area contributed by atoms with Crippen molar-refractivity contribution >= 4 is 11.7 Å². The molecule has 0 radical (unpaired) electrons. The third kappa shape index (κ3) is 2.40. The first-order chi connectivity index (χ1) is 8.70. The van der Waals surface area contributed by atoms with Gasteiger partial charge in [-0.05, 0) is 61.6 Å². The number of aromatic nitrogens is 1. The van der Waals surface area contributed by atoms with Crippen molar-refractivity contribution < 1.29 is 4.79 Å². The Balaban J connectivity index is 1.56. The first-order valence-electron chi connectivity index (χ1n) is 6.93. The maximum absolute atomic E-state index is 12.0. The number of pyridine rings is 1. The van der Waals surface area contributed by atoms with Crippen LogP contribution >= 0.6 is 0 Å². The maximum atomic E-state index is 12.0. The lowest BCUT2D eigenvalue weighted by Gasteiger charge is -2.20. The van der Waals surface area contributed by atoms with E-state index in [0.29, 0.717) is 18.2 Å². The van der Waals surface area contributed by atoms with Crippen molar-refractivity contribution in [1.29, 1.82) is 0 Å². The van der Waals surface area contributed by atoms with Gasteiger partial charge < -0.3 is 5.32 Å². The van der Waals surface area contributed by atoms with Crippen LogP contribution in [0.2, 0.25) is 0 Å². The molecule has 2 aliphatic carbocycles. The van der Waals surface area contributed by atoms with Gasteiger partial charge in [-0.1, -0.05) is 6.42 Å². The Hall–Kier alpha value is -1.38. The second-order valence-electron chi connectivity index (χ2n) is 5.91. The van der Waals surface area contributed by atoms with Gasteiger partial charge in [-0.2, -0.15) is 0 Å². The van der Waals surface area contributed by atoms with Crippen LogP contribution in [0.25, 0.3) is 0 Å². The fourth-order valence-electron chi connectivity index (χ4n) is 3.66. The van der Waals surface area contributed by atoms with Crippen LogP contribution < -0.4 is 5.32 Å². The molecular formula is C15H20N2O. The average molecular weight is 244 g/mol. The summed E-state index contributed by atoms with van der Waals surface area (Å²) in [7, 11) is 0. The molecule has 1 amide bonds. The summed E-state index contributed by atoms with van der Waals surface area (Å²) in [4.78, 5) is 16.2. The SMILES string of the molecule is Cc1ccnc(NC(=O)C[C@H]2C[C@H]3CC[C@H]2C3)c1. The lowest BCUT2D eigenvalue weighted by molar-refractivity contribution is -0.117. The van der Waals surface area contributed by atoms with Gasteiger partial charge in [0.15, 0.2) is 0 Å². The predicted molar refractivity (Wildman–Crippen MR) is 71.2 cm³/mol. The van der Waals surface area contributed by atoms with Crippen LogP contribution in [0.3, 0.4) is 0 Å². The summed E-state index contributed by atoms with van der Waals surface area (Å²) in [5.41, 5.74) is 1.13. The monoisotopic (exact) mass is 244 g/mol. The highest BCUT2D eigenvalue weighted by Gasteiger charge is 2.40. The Morgan fingerprint density at radius 3 is 3.00 bits per heavy atom. The van der Waals surface area contributed by atoms with Crippen LogP contribution in [0, 0.1) is 24.7 Å². The fraction of sp³-hybridized carbons (Fsp3) is 0.600. The number of nitrogens with zero attached hydrogens (tertiary/aromatic N) is 1. The van der Waals surface area contributed by atoms with E-state index in [2.05, 4.69) is 10.3 Å². The lowest BCUT2D eigenvalue weighted by Crippen LogP contribution is -2.20. The second kappa shape index (κ2) is 4.71. The Morgan fingerprint density at radius 1 is 1.44 bits per heavy atom. The maximum Gasteiger partial charge on any atom is 0.225 e. The smallest absolute Gasteiger partial charge is 0.225 e. The van der Waals surface area contributed by atoms with E-state index in [9.17, 15) is 4.79 Å². The van der Waals surface area contributed by atoms with E-state index in [4.69, 9.17) is 0 Å². The third-order valence-corrected chi connectivity index (χ3v) is 4.52. The molecule has 2 fully saturated rings. The van der Waals surface area contributed by atoms with E-state index < -0.39 is 0 Å². The van der Waals surface area contributed by atoms with Gasteiger partial charge in [0, 0.05) is 12.6 Å². The van der Waals surface area contributed by atoms with Gasteiger partial charge in [0.25, 0.3) is 0 Å². The Bertz CT molecular complexity index is 458. The van der Waals surface area contributed by atoms with Crippen LogP contribution in [0.5, 0.6) is 0 Å². The first kappa shape index (κ1) is 11.7. The molecule has 0 saturated heterocycles. The predicted octanol–water partition coefficient (Wildman–Crippen LogP) is 3.15. The number of carbonyl (C=O) groups excluding carboxylic acids is 1. The number of nitrogens with one attached hydrogen (secondary N) is 1. The number of hydrogen-bond acceptors (Lipinski definition) is 2. The molecule has 3 atom stereocenters. The highest BCUT2D eigenvalue weighted by Crippen LogP contribution is 2.49. The zero-order chi connectivity index (χ0) is 12.5. The number of hydrogen-bond donors (Lipinski definition) is 1. The van der Waals surface area contributed by atoms with Crippen molar-refractivity contribution in [2.75, 3.05) is 5.32 Å². The summed E-state index contributed by atoms with van der Waals surface area (Å²) in [6.45, 7) is 2.01. The summed E-state index contributed by atoms with van der Waals surface area (Å²) in [5.74, 6) is 3.15. The van der Waals surface area contributed by atoms with E-state index in [0.717, 1.165) is 17.4 Å². The van der Waals surface area contributed by atoms with Crippen molar-refractivity contribution in [2.24, 2.45) is 17.8 Å². The largest absolute Gasteiger partial charge is 0.311 e. The molecule has 96 valence electrons. The molecule has 2 saturated carbocycles. The minimum atomic E-state index is 0.130. The van der Waals surface area contributed by atoms with Crippen LogP contribution in [-0.2, 0) is 4.79 Å². The van der Waals surface area contributed by atoms with Gasteiger partial charge in [0.1, 0.15) is 5.82 Å². The molecule has 0 spiro atoms. The van der Waals surface area contributed by atoms with E-state index in [1.807, 2.05) is 19.1 Å². The van der Waals surface area contributed by atoms with Crippen LogP contribution in [0.4, 0.5) is 5.82 Å². The molecule has 0 aliphatic heterocycles. The zero-order valence-corrected chi connectivity index (χ0v) is 10.9. The second-order valence-corrected chi connectivity index (χ2v) is 5.91. The summed E-state index contributed by atoms with van der Waals surface area (Å²) >= 11 is 0. The summed E-state index contributed by atoms with van der Waals surface area (Å²) in [6.07, 6.45) is 7.77. The van der Waals surface area contributed by atoms with E-state index in [1.54, 1.807) is 6.20 Å². The molecule has 0 aromatic carbocycles. The van der Waals surface area contributed by atoms with Gasteiger partial charge in [0.2, 0.25) is 5.91 Å². The summed E-state index contributed by atoms with van der Waals surface area (Å²) in [5, 5.41) is 2.92. The van der Waals surface area contributed by atoms with E-state index in [-0.39, 0.29) is 5.91 Å². The molecule has 1 aromatic heterocycles. The van der Waals surface area contributed by atoms with Gasteiger partial charge in [-0.3, -0.25) is 4.79 Å². The van der Waals surface area contributed by atoms with E-state index in [1.165, 1.54) is 25.7 Å². The van der Waals surface area contributed by atoms with Crippen molar-refractivity contribution in [3.63, 3.8) is 0 Å². The van der Waals surface area contributed by atoms with Crippen molar-refractivity contribution in [3.8, 4) is 0 Å². The molecule has 1 N–H and O–H groups in total. The van der Waals surface area contributed by atoms with Crippen molar-refractivity contribution in [1.82, 2.24) is 4.98 Å². The molecule has 3 heteroatoms. The number of anilines is 1. The fourth-order valence-corrected chi connectivity index (χ4v) is 3.66. The van der Waals surface area contributed by atoms with Gasteiger partial charge in [-0.15, -0.1) is 0 Å². The number of rotatable bonds is 3. The van der Waals surface area contributed by atoms with Gasteiger partial charge in [-0.25, -0.2) is 4.98 Å².